The maximum atomic E-state index is 14.1. The number of benzene rings is 2. The average Bonchev–Trinajstić information content (AvgIpc) is 3.03. The second kappa shape index (κ2) is 8.58. The number of anilines is 2. The second-order valence-corrected chi connectivity index (χ2v) is 11.7. The number of allylic oxidation sites excluding steroid dienone is 1. The number of ether oxygens (including phenoxy) is 1. The first-order chi connectivity index (χ1) is 17.4. The van der Waals surface area contributed by atoms with Crippen LogP contribution in [-0.4, -0.2) is 24.3 Å². The molecule has 0 saturated heterocycles. The van der Waals surface area contributed by atoms with Crippen molar-refractivity contribution in [1.82, 2.24) is 0 Å². The van der Waals surface area contributed by atoms with E-state index >= 15 is 0 Å². The van der Waals surface area contributed by atoms with Gasteiger partial charge >= 0.3 is 5.97 Å². The lowest BCUT2D eigenvalue weighted by Crippen LogP contribution is -2.54. The van der Waals surface area contributed by atoms with Crippen LogP contribution in [0.1, 0.15) is 50.3 Å². The number of hydrogen-bond donors (Lipinski definition) is 2. The van der Waals surface area contributed by atoms with Gasteiger partial charge in [-0.3, -0.25) is 14.5 Å². The number of rotatable bonds is 3. The predicted molar refractivity (Wildman–Crippen MR) is 146 cm³/mol. The zero-order chi connectivity index (χ0) is 26.9. The number of Topliss-reactive ketones (excluding diaryl/α,β-unsaturated/α-hetero) is 1. The Kier molecular flexibility index (Phi) is 5.86. The van der Waals surface area contributed by atoms with Crippen molar-refractivity contribution in [3.05, 3.63) is 80.2 Å². The minimum absolute atomic E-state index is 0.0327. The maximum absolute atomic E-state index is 14.1. The Labute approximate surface area is 224 Å². The Morgan fingerprint density at radius 1 is 1.11 bits per heavy atom. The van der Waals surface area contributed by atoms with Crippen molar-refractivity contribution in [2.24, 2.45) is 11.1 Å². The normalized spacial score (nSPS) is 22.3. The van der Waals surface area contributed by atoms with Gasteiger partial charge in [0.1, 0.15) is 16.8 Å². The van der Waals surface area contributed by atoms with Gasteiger partial charge in [0.05, 0.1) is 6.61 Å². The van der Waals surface area contributed by atoms with Crippen molar-refractivity contribution in [2.75, 3.05) is 16.8 Å². The summed E-state index contributed by atoms with van der Waals surface area (Å²) in [4.78, 5) is 43.7. The van der Waals surface area contributed by atoms with Crippen LogP contribution in [0.15, 0.2) is 63.5 Å². The molecule has 2 aliphatic heterocycles. The van der Waals surface area contributed by atoms with Crippen LogP contribution in [0, 0.1) is 19.3 Å². The van der Waals surface area contributed by atoms with E-state index in [-0.39, 0.29) is 41.2 Å². The van der Waals surface area contributed by atoms with Crippen LogP contribution in [-0.2, 0) is 24.5 Å². The van der Waals surface area contributed by atoms with E-state index in [0.29, 0.717) is 27.8 Å². The van der Waals surface area contributed by atoms with Gasteiger partial charge in [0, 0.05) is 39.1 Å². The first-order valence-electron chi connectivity index (χ1n) is 12.3. The van der Waals surface area contributed by atoms with Gasteiger partial charge in [0.25, 0.3) is 0 Å². The topological polar surface area (TPSA) is 102 Å². The molecule has 1 amide bonds. The van der Waals surface area contributed by atoms with Gasteiger partial charge in [-0.25, -0.2) is 4.79 Å². The van der Waals surface area contributed by atoms with Gasteiger partial charge in [-0.2, -0.15) is 0 Å². The molecular weight excluding hydrogens is 534 g/mol. The molecule has 1 spiro atoms. The summed E-state index contributed by atoms with van der Waals surface area (Å²) in [6.07, 6.45) is 0.733. The van der Waals surface area contributed by atoms with Crippen LogP contribution < -0.4 is 16.0 Å². The van der Waals surface area contributed by atoms with Crippen molar-refractivity contribution >= 4 is 45.0 Å². The highest BCUT2D eigenvalue weighted by atomic mass is 79.9. The Morgan fingerprint density at radius 2 is 1.78 bits per heavy atom. The molecule has 3 N–H and O–H groups in total. The monoisotopic (exact) mass is 563 g/mol. The van der Waals surface area contributed by atoms with E-state index in [1.54, 1.807) is 30.0 Å². The van der Waals surface area contributed by atoms with Gasteiger partial charge in [0.15, 0.2) is 5.78 Å². The maximum Gasteiger partial charge on any atom is 0.339 e. The number of carbonyl (C=O) groups is 3. The zero-order valence-electron chi connectivity index (χ0n) is 21.6. The summed E-state index contributed by atoms with van der Waals surface area (Å²) < 4.78 is 6.20. The Morgan fingerprint density at radius 3 is 2.43 bits per heavy atom. The molecule has 2 aromatic rings. The molecule has 5 rings (SSSR count). The fraction of sp³-hybridized carbons (Fsp3) is 0.345. The van der Waals surface area contributed by atoms with Crippen molar-refractivity contribution in [3.63, 3.8) is 0 Å². The number of fused-ring (bicyclic) bond motifs is 3. The molecule has 0 aromatic heterocycles. The third-order valence-corrected chi connectivity index (χ3v) is 7.78. The van der Waals surface area contributed by atoms with E-state index in [4.69, 9.17) is 10.5 Å². The van der Waals surface area contributed by atoms with Crippen molar-refractivity contribution in [1.29, 1.82) is 0 Å². The summed E-state index contributed by atoms with van der Waals surface area (Å²) >= 11 is 3.51. The smallest absolute Gasteiger partial charge is 0.339 e. The number of nitrogens with two attached hydrogens (primary N) is 1. The number of amides is 1. The molecule has 1 aliphatic carbocycles. The summed E-state index contributed by atoms with van der Waals surface area (Å²) in [5, 5.41) is 2.92. The van der Waals surface area contributed by atoms with Crippen molar-refractivity contribution in [3.8, 4) is 0 Å². The number of esters is 1. The summed E-state index contributed by atoms with van der Waals surface area (Å²) in [7, 11) is 0. The van der Waals surface area contributed by atoms with E-state index in [2.05, 4.69) is 21.2 Å². The molecule has 1 unspecified atom stereocenters. The number of aryl methyl sites for hydroxylation is 2. The van der Waals surface area contributed by atoms with Crippen LogP contribution in [0.3, 0.4) is 0 Å². The highest BCUT2D eigenvalue weighted by Gasteiger charge is 2.63. The predicted octanol–water partition coefficient (Wildman–Crippen LogP) is 5.15. The van der Waals surface area contributed by atoms with Crippen LogP contribution >= 0.6 is 15.9 Å². The van der Waals surface area contributed by atoms with Crippen molar-refractivity contribution in [2.45, 2.75) is 52.9 Å². The molecule has 1 atom stereocenters. The first kappa shape index (κ1) is 25.3. The molecule has 3 aliphatic rings. The largest absolute Gasteiger partial charge is 0.462 e. The summed E-state index contributed by atoms with van der Waals surface area (Å²) in [5.74, 6) is -1.29. The fourth-order valence-electron chi connectivity index (χ4n) is 6.08. The summed E-state index contributed by atoms with van der Waals surface area (Å²) in [6.45, 7) is 9.82. The zero-order valence-corrected chi connectivity index (χ0v) is 23.2. The van der Waals surface area contributed by atoms with E-state index in [1.807, 2.05) is 45.9 Å². The molecule has 8 heteroatoms. The lowest BCUT2D eigenvalue weighted by atomic mass is 9.60. The number of halogens is 1. The molecule has 0 bridgehead atoms. The Hall–Kier alpha value is -3.39. The third kappa shape index (κ3) is 3.72. The van der Waals surface area contributed by atoms with Gasteiger partial charge < -0.3 is 15.8 Å². The molecule has 0 fully saturated rings. The van der Waals surface area contributed by atoms with E-state index in [0.717, 1.165) is 16.8 Å². The minimum Gasteiger partial charge on any atom is -0.462 e. The quantitative estimate of drug-likeness (QED) is 0.500. The van der Waals surface area contributed by atoms with E-state index in [9.17, 15) is 14.4 Å². The molecule has 0 saturated carbocycles. The summed E-state index contributed by atoms with van der Waals surface area (Å²) in [5.41, 5.74) is 9.52. The number of carbonyl (C=O) groups excluding carboxylic acids is 3. The van der Waals surface area contributed by atoms with E-state index < -0.39 is 17.3 Å². The summed E-state index contributed by atoms with van der Waals surface area (Å²) in [6, 6.07) is 11.3. The second-order valence-electron chi connectivity index (χ2n) is 10.8. The number of hydrogen-bond acceptors (Lipinski definition) is 6. The standard InChI is InChI=1S/C29H30BrN3O4/c1-6-37-26(35)24-25(31)33(18-10-15(2)9-16(3)11-18)21-13-28(4,5)14-22(34)23(21)29(24)19-12-17(30)7-8-20(19)32-27(29)36/h7-12H,6,13-14,31H2,1-5H3,(H,32,36). The molecule has 192 valence electrons. The van der Waals surface area contributed by atoms with Crippen LogP contribution in [0.2, 0.25) is 0 Å². The molecule has 7 nitrogen and oxygen atoms in total. The lowest BCUT2D eigenvalue weighted by molar-refractivity contribution is -0.140. The van der Waals surface area contributed by atoms with Crippen LogP contribution in [0.4, 0.5) is 11.4 Å². The first-order valence-corrected chi connectivity index (χ1v) is 13.1. The SMILES string of the molecule is CCOC(=O)C1=C(N)N(c2cc(C)cc(C)c2)C2=C(C(=O)CC(C)(C)C2)C12C(=O)Nc1ccc(Br)cc12. The average molecular weight is 564 g/mol. The van der Waals surface area contributed by atoms with Gasteiger partial charge in [-0.05, 0) is 74.1 Å². The molecule has 37 heavy (non-hydrogen) atoms. The third-order valence-electron chi connectivity index (χ3n) is 7.29. The highest BCUT2D eigenvalue weighted by molar-refractivity contribution is 9.10. The van der Waals surface area contributed by atoms with Crippen molar-refractivity contribution < 1.29 is 19.1 Å². The molecule has 0 radical (unpaired) electrons. The molecular formula is C29H30BrN3O4. The number of nitrogens with zero attached hydrogens (tertiary/aromatic N) is 1. The van der Waals surface area contributed by atoms with Gasteiger partial charge in [0.2, 0.25) is 5.91 Å². The van der Waals surface area contributed by atoms with E-state index in [1.165, 1.54) is 0 Å². The fourth-order valence-corrected chi connectivity index (χ4v) is 6.45. The molecule has 2 aromatic carbocycles. The highest BCUT2D eigenvalue weighted by Crippen LogP contribution is 2.57. The van der Waals surface area contributed by atoms with Gasteiger partial charge in [-0.1, -0.05) is 35.8 Å². The Balaban J connectivity index is 1.94. The lowest BCUT2D eigenvalue weighted by Gasteiger charge is -2.47. The van der Waals surface area contributed by atoms with Crippen LogP contribution in [0.25, 0.3) is 0 Å². The number of nitrogens with one attached hydrogen (secondary N) is 1. The number of ketones is 1. The van der Waals surface area contributed by atoms with Gasteiger partial charge in [-0.15, -0.1) is 0 Å². The van der Waals surface area contributed by atoms with Crippen LogP contribution in [0.5, 0.6) is 0 Å². The minimum atomic E-state index is -1.71. The molecule has 2 heterocycles. The Bertz CT molecular complexity index is 1430.